The van der Waals surface area contributed by atoms with Gasteiger partial charge in [0.1, 0.15) is 6.10 Å². The van der Waals surface area contributed by atoms with Gasteiger partial charge in [0, 0.05) is 4.91 Å². The van der Waals surface area contributed by atoms with Crippen LogP contribution in [0, 0.1) is 0 Å². The van der Waals surface area contributed by atoms with E-state index in [1.54, 1.807) is 30.3 Å². The van der Waals surface area contributed by atoms with E-state index in [0.29, 0.717) is 5.56 Å². The third-order valence-corrected chi connectivity index (χ3v) is 4.77. The molecule has 0 saturated carbocycles. The Morgan fingerprint density at radius 1 is 1.42 bits per heavy atom. The summed E-state index contributed by atoms with van der Waals surface area (Å²) in [6, 6.07) is 7.63. The van der Waals surface area contributed by atoms with Gasteiger partial charge in [-0.15, -0.1) is 0 Å². The topological polar surface area (TPSA) is 162 Å². The fourth-order valence-corrected chi connectivity index (χ4v) is 3.17. The highest BCUT2D eigenvalue weighted by Crippen LogP contribution is 2.35. The van der Waals surface area contributed by atoms with E-state index in [9.17, 15) is 23.2 Å². The number of aliphatic hydroxyl groups is 2. The Morgan fingerprint density at radius 2 is 2.04 bits per heavy atom. The molecule has 0 amide bonds. The Morgan fingerprint density at radius 3 is 2.58 bits per heavy atom. The molecule has 0 bridgehead atoms. The second-order valence-corrected chi connectivity index (χ2v) is 6.87. The van der Waals surface area contributed by atoms with Gasteiger partial charge in [-0.05, 0) is 18.0 Å². The van der Waals surface area contributed by atoms with Crippen molar-refractivity contribution in [3.8, 4) is 0 Å². The lowest BCUT2D eigenvalue weighted by atomic mass is 9.97. The first-order chi connectivity index (χ1) is 11.2. The molecule has 24 heavy (non-hydrogen) atoms. The van der Waals surface area contributed by atoms with Gasteiger partial charge in [0.05, 0.1) is 18.8 Å². The smallest absolute Gasteiger partial charge is 0.327 e. The van der Waals surface area contributed by atoms with Crippen molar-refractivity contribution >= 4 is 10.1 Å². The Balaban J connectivity index is 2.32. The summed E-state index contributed by atoms with van der Waals surface area (Å²) in [7, 11) is -5.19. The number of rotatable bonds is 5. The summed E-state index contributed by atoms with van der Waals surface area (Å²) < 4.78 is 42.3. The van der Waals surface area contributed by atoms with E-state index in [2.05, 4.69) is 10.0 Å². The number of aliphatic hydroxyl groups excluding tert-OH is 1. The van der Waals surface area contributed by atoms with Crippen molar-refractivity contribution < 1.29 is 32.7 Å². The molecule has 1 fully saturated rings. The van der Waals surface area contributed by atoms with Crippen LogP contribution in [0.5, 0.6) is 0 Å². The van der Waals surface area contributed by atoms with Crippen LogP contribution in [-0.4, -0.2) is 52.7 Å². The molecule has 132 valence electrons. The summed E-state index contributed by atoms with van der Waals surface area (Å²) in [4.78, 5) is 2.62. The summed E-state index contributed by atoms with van der Waals surface area (Å²) in [6.45, 7) is 1.27. The van der Waals surface area contributed by atoms with Crippen molar-refractivity contribution in [1.82, 2.24) is 0 Å². The van der Waals surface area contributed by atoms with Crippen molar-refractivity contribution in [2.75, 3.05) is 0 Å². The summed E-state index contributed by atoms with van der Waals surface area (Å²) in [5.41, 5.74) is 9.36. The van der Waals surface area contributed by atoms with Crippen LogP contribution in [-0.2, 0) is 26.2 Å². The summed E-state index contributed by atoms with van der Waals surface area (Å²) >= 11 is 0. The van der Waals surface area contributed by atoms with E-state index < -0.39 is 39.6 Å². The van der Waals surface area contributed by atoms with Crippen molar-refractivity contribution in [1.29, 1.82) is 0 Å². The molecule has 0 radical (unpaired) electrons. The zero-order chi connectivity index (χ0) is 18.0. The van der Waals surface area contributed by atoms with Gasteiger partial charge < -0.3 is 19.7 Å². The highest BCUT2D eigenvalue weighted by molar-refractivity contribution is 7.86. The summed E-state index contributed by atoms with van der Waals surface area (Å²) in [6.07, 6.45) is -4.75. The van der Waals surface area contributed by atoms with Crippen LogP contribution >= 0.6 is 0 Å². The molecule has 1 aromatic carbocycles. The first-order valence-electron chi connectivity index (χ1n) is 6.95. The Labute approximate surface area is 138 Å². The van der Waals surface area contributed by atoms with Crippen molar-refractivity contribution in [2.45, 2.75) is 43.0 Å². The second kappa shape index (κ2) is 7.03. The molecule has 3 N–H and O–H groups in total. The lowest BCUT2D eigenvalue weighted by Crippen LogP contribution is -2.66. The molecule has 2 rings (SSSR count). The maximum atomic E-state index is 11.4. The van der Waals surface area contributed by atoms with Gasteiger partial charge in [-0.1, -0.05) is 35.4 Å². The molecule has 10 nitrogen and oxygen atoms in total. The molecular weight excluding hydrogens is 342 g/mol. The van der Waals surface area contributed by atoms with Crippen LogP contribution in [0.1, 0.15) is 12.5 Å². The quantitative estimate of drug-likeness (QED) is 0.299. The number of hydrogen-bond donors (Lipinski definition) is 3. The molecule has 1 aliphatic heterocycles. The average Bonchev–Trinajstić information content (AvgIpc) is 2.52. The van der Waals surface area contributed by atoms with Crippen LogP contribution in [0.15, 0.2) is 35.4 Å². The number of ether oxygens (including phenoxy) is 2. The average molecular weight is 359 g/mol. The second-order valence-electron chi connectivity index (χ2n) is 5.33. The van der Waals surface area contributed by atoms with Crippen LogP contribution in [0.3, 0.4) is 0 Å². The van der Waals surface area contributed by atoms with E-state index in [-0.39, 0.29) is 6.61 Å². The Hall–Kier alpha value is -1.72. The van der Waals surface area contributed by atoms with Crippen molar-refractivity contribution in [2.24, 2.45) is 5.11 Å². The van der Waals surface area contributed by atoms with E-state index in [1.807, 2.05) is 0 Å². The largest absolute Gasteiger partial charge is 0.383 e. The fourth-order valence-electron chi connectivity index (χ4n) is 2.46. The molecular formula is C13H17N3O7S. The normalized spacial score (nSPS) is 33.7. The highest BCUT2D eigenvalue weighted by Gasteiger charge is 2.60. The van der Waals surface area contributed by atoms with Gasteiger partial charge in [0.2, 0.25) is 0 Å². The minimum absolute atomic E-state index is 0.0473. The van der Waals surface area contributed by atoms with E-state index in [1.165, 1.54) is 6.92 Å². The van der Waals surface area contributed by atoms with Gasteiger partial charge >= 0.3 is 15.2 Å². The molecule has 1 aromatic rings. The van der Waals surface area contributed by atoms with E-state index in [0.717, 1.165) is 0 Å². The zero-order valence-corrected chi connectivity index (χ0v) is 13.4. The molecule has 0 aromatic heterocycles. The lowest BCUT2D eigenvalue weighted by molar-refractivity contribution is -0.287. The van der Waals surface area contributed by atoms with Gasteiger partial charge in [-0.2, -0.15) is 8.42 Å². The van der Waals surface area contributed by atoms with Gasteiger partial charge in [-0.25, -0.2) is 0 Å². The molecule has 1 aliphatic rings. The number of hydrogen-bond acceptors (Lipinski definition) is 7. The standard InChI is InChI=1S/C13H17N3O7S/c1-8-10(15-16-14)11(22-7-9-5-3-2-4-6-9)12(17)13(18,23-8)24(19,20)21/h2-6,8,10-12,17-18H,7H2,1H3,(H,19,20,21)/t8-,10-,11+,12+,13-/m1/s1. The molecule has 1 saturated heterocycles. The van der Waals surface area contributed by atoms with Gasteiger partial charge in [0.15, 0.2) is 6.10 Å². The monoisotopic (exact) mass is 359 g/mol. The Bertz CT molecular complexity index is 722. The predicted octanol–water partition coefficient (Wildman–Crippen LogP) is 0.564. The molecule has 0 unspecified atom stereocenters. The van der Waals surface area contributed by atoms with E-state index >= 15 is 0 Å². The molecule has 11 heteroatoms. The first kappa shape index (κ1) is 18.6. The zero-order valence-electron chi connectivity index (χ0n) is 12.6. The molecule has 1 heterocycles. The third kappa shape index (κ3) is 3.52. The van der Waals surface area contributed by atoms with E-state index in [4.69, 9.17) is 15.0 Å². The van der Waals surface area contributed by atoms with Crippen LogP contribution in [0.2, 0.25) is 0 Å². The van der Waals surface area contributed by atoms with Crippen molar-refractivity contribution in [3.63, 3.8) is 0 Å². The highest BCUT2D eigenvalue weighted by atomic mass is 32.2. The molecule has 0 aliphatic carbocycles. The number of nitrogens with zero attached hydrogens (tertiary/aromatic N) is 3. The van der Waals surface area contributed by atoms with Crippen LogP contribution in [0.25, 0.3) is 10.4 Å². The molecule has 0 spiro atoms. The van der Waals surface area contributed by atoms with Gasteiger partial charge in [-0.3, -0.25) is 4.55 Å². The Kier molecular flexibility index (Phi) is 5.45. The van der Waals surface area contributed by atoms with Crippen LogP contribution in [0.4, 0.5) is 0 Å². The van der Waals surface area contributed by atoms with Gasteiger partial charge in [0.25, 0.3) is 0 Å². The number of azide groups is 1. The SMILES string of the molecule is C[C@H]1O[C@@](O)(S(=O)(=O)O)[C@@H](O)[C@@H](OCc2ccccc2)[C@@H]1N=[N+]=[N-]. The maximum Gasteiger partial charge on any atom is 0.327 e. The molecule has 5 atom stereocenters. The van der Waals surface area contributed by atoms with Crippen LogP contribution < -0.4 is 0 Å². The minimum Gasteiger partial charge on any atom is -0.383 e. The first-order valence-corrected chi connectivity index (χ1v) is 8.39. The van der Waals surface area contributed by atoms with Crippen molar-refractivity contribution in [3.05, 3.63) is 46.3 Å². The third-order valence-electron chi connectivity index (χ3n) is 3.70. The maximum absolute atomic E-state index is 11.4. The summed E-state index contributed by atoms with van der Waals surface area (Å²) in [5, 5.41) is 20.4. The fraction of sp³-hybridized carbons (Fsp3) is 0.538. The lowest BCUT2D eigenvalue weighted by Gasteiger charge is -2.44. The predicted molar refractivity (Wildman–Crippen MR) is 81.0 cm³/mol. The minimum atomic E-state index is -5.19. The summed E-state index contributed by atoms with van der Waals surface area (Å²) in [5.74, 6) is 0. The number of benzene rings is 1.